The van der Waals surface area contributed by atoms with Crippen molar-refractivity contribution in [2.75, 3.05) is 13.6 Å². The predicted molar refractivity (Wildman–Crippen MR) is 54.2 cm³/mol. The van der Waals surface area contributed by atoms with Gasteiger partial charge in [0.2, 0.25) is 7.41 Å². The van der Waals surface area contributed by atoms with Crippen molar-refractivity contribution in [2.45, 2.75) is 13.2 Å². The number of hydrogen-bond acceptors (Lipinski definition) is 1. The molecule has 0 saturated heterocycles. The van der Waals surface area contributed by atoms with Gasteiger partial charge >= 0.3 is 0 Å². The highest BCUT2D eigenvalue weighted by Crippen LogP contribution is 1.98. The van der Waals surface area contributed by atoms with E-state index in [1.54, 1.807) is 0 Å². The van der Waals surface area contributed by atoms with Crippen LogP contribution in [0.4, 0.5) is 0 Å². The average molecular weight is 160 g/mol. The first-order valence-electron chi connectivity index (χ1n) is 4.40. The van der Waals surface area contributed by atoms with E-state index in [4.69, 9.17) is 0 Å². The second-order valence-electron chi connectivity index (χ2n) is 2.95. The lowest BCUT2D eigenvalue weighted by atomic mass is 9.82. The molecule has 1 aromatic rings. The molecule has 2 heteroatoms. The van der Waals surface area contributed by atoms with E-state index in [0.29, 0.717) is 0 Å². The second-order valence-corrected chi connectivity index (χ2v) is 2.95. The van der Waals surface area contributed by atoms with E-state index < -0.39 is 0 Å². The van der Waals surface area contributed by atoms with Crippen LogP contribution in [0.1, 0.15) is 12.5 Å². The van der Waals surface area contributed by atoms with Crippen molar-refractivity contribution in [2.24, 2.45) is 0 Å². The monoisotopic (exact) mass is 160 g/mol. The summed E-state index contributed by atoms with van der Waals surface area (Å²) < 4.78 is 0. The van der Waals surface area contributed by atoms with Crippen molar-refractivity contribution in [3.8, 4) is 0 Å². The quantitative estimate of drug-likeness (QED) is 0.606. The Morgan fingerprint density at radius 1 is 1.25 bits per heavy atom. The lowest BCUT2D eigenvalue weighted by molar-refractivity contribution is 0.565. The Labute approximate surface area is 75.7 Å². The first-order chi connectivity index (χ1) is 5.83. The molecule has 0 atom stereocenters. The van der Waals surface area contributed by atoms with Gasteiger partial charge in [-0.25, -0.2) is 0 Å². The zero-order valence-electron chi connectivity index (χ0n) is 7.83. The fourth-order valence-corrected chi connectivity index (χ4v) is 1.00. The largest absolute Gasteiger partial charge is 0.349 e. The van der Waals surface area contributed by atoms with Gasteiger partial charge in [-0.15, -0.1) is 0 Å². The molecule has 0 spiro atoms. The lowest BCUT2D eigenvalue weighted by Gasteiger charge is -2.11. The summed E-state index contributed by atoms with van der Waals surface area (Å²) in [5, 5.41) is 0. The van der Waals surface area contributed by atoms with Crippen LogP contribution in [-0.4, -0.2) is 25.8 Å². The third-order valence-corrected chi connectivity index (χ3v) is 1.98. The molecule has 0 unspecified atom stereocenters. The fraction of sp³-hybridized carbons (Fsp3) is 0.400. The Morgan fingerprint density at radius 3 is 2.50 bits per heavy atom. The van der Waals surface area contributed by atoms with Crippen molar-refractivity contribution in [3.05, 3.63) is 35.9 Å². The molecule has 0 heterocycles. The summed E-state index contributed by atoms with van der Waals surface area (Å²) in [6.45, 7) is 3.23. The number of nitrogens with zero attached hydrogens (tertiary/aromatic N) is 1. The molecule has 12 heavy (non-hydrogen) atoms. The SMILES string of the molecule is CCN(C)[B]Cc1ccccc1. The van der Waals surface area contributed by atoms with Crippen LogP contribution in [0.25, 0.3) is 0 Å². The van der Waals surface area contributed by atoms with E-state index in [9.17, 15) is 0 Å². The van der Waals surface area contributed by atoms with Gasteiger partial charge in [0.1, 0.15) is 0 Å². The molecule has 63 valence electrons. The van der Waals surface area contributed by atoms with Crippen LogP contribution in [0.15, 0.2) is 30.3 Å². The first kappa shape index (κ1) is 9.33. The van der Waals surface area contributed by atoms with Crippen LogP contribution in [0.5, 0.6) is 0 Å². The minimum Gasteiger partial charge on any atom is -0.349 e. The molecule has 0 aliphatic heterocycles. The van der Waals surface area contributed by atoms with E-state index in [0.717, 1.165) is 12.9 Å². The number of benzene rings is 1. The highest BCUT2D eigenvalue weighted by atomic mass is 15.0. The van der Waals surface area contributed by atoms with Crippen LogP contribution in [0.2, 0.25) is 0 Å². The molecule has 1 aromatic carbocycles. The summed E-state index contributed by atoms with van der Waals surface area (Å²) in [7, 11) is 4.32. The Bertz CT molecular complexity index is 210. The van der Waals surface area contributed by atoms with Gasteiger partial charge in [0.15, 0.2) is 0 Å². The Hall–Kier alpha value is -0.755. The van der Waals surface area contributed by atoms with Gasteiger partial charge in [-0.3, -0.25) is 0 Å². The van der Waals surface area contributed by atoms with Crippen LogP contribution >= 0.6 is 0 Å². The zero-order chi connectivity index (χ0) is 8.81. The normalized spacial score (nSPS) is 10.2. The molecule has 0 N–H and O–H groups in total. The molecule has 1 radical (unpaired) electrons. The molecule has 0 bridgehead atoms. The van der Waals surface area contributed by atoms with Gasteiger partial charge in [0, 0.05) is 0 Å². The van der Waals surface area contributed by atoms with E-state index in [2.05, 4.69) is 50.5 Å². The smallest absolute Gasteiger partial charge is 0.212 e. The minimum atomic E-state index is 1.03. The van der Waals surface area contributed by atoms with Crippen LogP contribution in [0.3, 0.4) is 0 Å². The molecule has 0 aliphatic rings. The fourth-order valence-electron chi connectivity index (χ4n) is 1.00. The minimum absolute atomic E-state index is 1.03. The van der Waals surface area contributed by atoms with Crippen molar-refractivity contribution >= 4 is 7.41 Å². The molecule has 0 aromatic heterocycles. The van der Waals surface area contributed by atoms with E-state index >= 15 is 0 Å². The maximum absolute atomic E-state index is 2.22. The maximum Gasteiger partial charge on any atom is 0.212 e. The topological polar surface area (TPSA) is 3.24 Å². The van der Waals surface area contributed by atoms with Crippen molar-refractivity contribution in [3.63, 3.8) is 0 Å². The summed E-state index contributed by atoms with van der Waals surface area (Å²) in [6, 6.07) is 10.5. The third kappa shape index (κ3) is 3.10. The molecular weight excluding hydrogens is 145 g/mol. The molecule has 0 fully saturated rings. The lowest BCUT2D eigenvalue weighted by Crippen LogP contribution is -2.24. The zero-order valence-corrected chi connectivity index (χ0v) is 7.83. The summed E-state index contributed by atoms with van der Waals surface area (Å²) in [5.74, 6) is 0. The van der Waals surface area contributed by atoms with Gasteiger partial charge in [0.25, 0.3) is 0 Å². The van der Waals surface area contributed by atoms with Gasteiger partial charge in [-0.1, -0.05) is 42.8 Å². The standard InChI is InChI=1S/C10H15BN/c1-3-12(2)11-9-10-7-5-4-6-8-10/h4-8H,3,9H2,1-2H3. The van der Waals surface area contributed by atoms with Gasteiger partial charge in [0.05, 0.1) is 0 Å². The Balaban J connectivity index is 2.33. The summed E-state index contributed by atoms with van der Waals surface area (Å²) in [6.07, 6.45) is 1.03. The van der Waals surface area contributed by atoms with Gasteiger partial charge in [-0.05, 0) is 19.9 Å². The Kier molecular flexibility index (Phi) is 3.88. The molecule has 0 aliphatic carbocycles. The molecule has 1 nitrogen and oxygen atoms in total. The van der Waals surface area contributed by atoms with E-state index in [-0.39, 0.29) is 0 Å². The third-order valence-electron chi connectivity index (χ3n) is 1.98. The Morgan fingerprint density at radius 2 is 1.92 bits per heavy atom. The molecule has 1 rings (SSSR count). The van der Waals surface area contributed by atoms with E-state index in [1.165, 1.54) is 5.56 Å². The van der Waals surface area contributed by atoms with Crippen LogP contribution < -0.4 is 0 Å². The summed E-state index contributed by atoms with van der Waals surface area (Å²) in [4.78, 5) is 2.20. The van der Waals surface area contributed by atoms with Crippen molar-refractivity contribution in [1.29, 1.82) is 0 Å². The van der Waals surface area contributed by atoms with Gasteiger partial charge < -0.3 is 4.81 Å². The highest BCUT2D eigenvalue weighted by Gasteiger charge is 1.97. The predicted octanol–water partition coefficient (Wildman–Crippen LogP) is 1.76. The van der Waals surface area contributed by atoms with Crippen LogP contribution in [-0.2, 0) is 6.32 Å². The molecule has 0 amide bonds. The average Bonchev–Trinajstić information content (AvgIpc) is 2.16. The van der Waals surface area contributed by atoms with Gasteiger partial charge in [-0.2, -0.15) is 0 Å². The number of hydrogen-bond donors (Lipinski definition) is 0. The number of rotatable bonds is 4. The molecule has 0 saturated carbocycles. The first-order valence-corrected chi connectivity index (χ1v) is 4.40. The molecular formula is C10H15BN. The van der Waals surface area contributed by atoms with Crippen LogP contribution in [0, 0.1) is 0 Å². The highest BCUT2D eigenvalue weighted by molar-refractivity contribution is 6.31. The summed E-state index contributed by atoms with van der Waals surface area (Å²) in [5.41, 5.74) is 1.37. The van der Waals surface area contributed by atoms with E-state index in [1.807, 2.05) is 6.07 Å². The summed E-state index contributed by atoms with van der Waals surface area (Å²) >= 11 is 0. The van der Waals surface area contributed by atoms with Crippen molar-refractivity contribution < 1.29 is 0 Å². The second kappa shape index (κ2) is 4.99. The maximum atomic E-state index is 2.22. The van der Waals surface area contributed by atoms with Crippen molar-refractivity contribution in [1.82, 2.24) is 4.81 Å².